The fourth-order valence-electron chi connectivity index (χ4n) is 2.79. The molecule has 0 fully saturated rings. The van der Waals surface area contributed by atoms with Crippen LogP contribution in [0.3, 0.4) is 0 Å². The lowest BCUT2D eigenvalue weighted by molar-refractivity contribution is -0.158. The Kier molecular flexibility index (Phi) is 24.8. The second-order valence-corrected chi connectivity index (χ2v) is 10.8. The van der Waals surface area contributed by atoms with Crippen molar-refractivity contribution in [2.24, 2.45) is 0 Å². The van der Waals surface area contributed by atoms with Gasteiger partial charge in [-0.15, -0.1) is 0 Å². The van der Waals surface area contributed by atoms with Gasteiger partial charge in [-0.3, -0.25) is 9.59 Å². The molecule has 0 bridgehead atoms. The fourth-order valence-corrected chi connectivity index (χ4v) is 4.60. The first kappa shape index (κ1) is 35.7. The molecule has 2 atom stereocenters. The van der Waals surface area contributed by atoms with Gasteiger partial charge in [0.2, 0.25) is 5.91 Å². The largest absolute Gasteiger partial charge is 0.479 e. The Morgan fingerprint density at radius 1 is 0.711 bits per heavy atom. The number of unbranched alkanes of at least 4 members (excludes halogenated alkanes) is 1. The Labute approximate surface area is 235 Å². The molecule has 0 heterocycles. The van der Waals surface area contributed by atoms with E-state index in [1.54, 1.807) is 0 Å². The number of carbonyl (C=O) groups is 3. The van der Waals surface area contributed by atoms with E-state index in [4.69, 9.17) is 10.2 Å². The summed E-state index contributed by atoms with van der Waals surface area (Å²) < 4.78 is 0. The minimum Gasteiger partial charge on any atom is -0.479 e. The first-order valence-electron chi connectivity index (χ1n) is 13.0. The van der Waals surface area contributed by atoms with Crippen LogP contribution in [0.5, 0.6) is 0 Å². The molecule has 0 aliphatic carbocycles. The Balaban J connectivity index is 3.58. The highest BCUT2D eigenvalue weighted by atomic mass is 33.1. The van der Waals surface area contributed by atoms with E-state index in [2.05, 4.69) is 78.3 Å². The number of nitrogens with one attached hydrogen (secondary N) is 2. The molecule has 38 heavy (non-hydrogen) atoms. The zero-order valence-corrected chi connectivity index (χ0v) is 23.9. The lowest BCUT2D eigenvalue weighted by atomic mass is 10.2. The molecule has 0 aliphatic rings. The molecule has 0 aromatic heterocycles. The summed E-state index contributed by atoms with van der Waals surface area (Å²) in [5.74, 6) is -1.31. The molecule has 0 saturated heterocycles. The van der Waals surface area contributed by atoms with Crippen LogP contribution in [0.15, 0.2) is 60.8 Å². The van der Waals surface area contributed by atoms with Crippen molar-refractivity contribution < 1.29 is 29.7 Å². The molecule has 0 spiro atoms. The van der Waals surface area contributed by atoms with E-state index in [1.807, 2.05) is 0 Å². The van der Waals surface area contributed by atoms with Gasteiger partial charge in [0.25, 0.3) is 5.91 Å². The van der Waals surface area contributed by atoms with Gasteiger partial charge < -0.3 is 26.0 Å². The summed E-state index contributed by atoms with van der Waals surface area (Å²) in [6.45, 7) is 2.91. The summed E-state index contributed by atoms with van der Waals surface area (Å²) in [4.78, 5) is 33.9. The summed E-state index contributed by atoms with van der Waals surface area (Å²) in [7, 11) is 3.02. The van der Waals surface area contributed by atoms with Gasteiger partial charge in [0, 0.05) is 31.0 Å². The molecular weight excluding hydrogens is 524 g/mol. The maximum Gasteiger partial charge on any atom is 0.335 e. The number of hydrogen-bond acceptors (Lipinski definition) is 7. The Morgan fingerprint density at radius 3 is 1.68 bits per heavy atom. The highest BCUT2D eigenvalue weighted by Gasteiger charge is 2.29. The number of aliphatic hydroxyl groups excluding tert-OH is 2. The predicted octanol–water partition coefficient (Wildman–Crippen LogP) is 4.33. The van der Waals surface area contributed by atoms with Crippen LogP contribution in [-0.4, -0.2) is 69.9 Å². The van der Waals surface area contributed by atoms with Crippen LogP contribution in [-0.2, 0) is 14.4 Å². The van der Waals surface area contributed by atoms with Crippen molar-refractivity contribution in [2.45, 2.75) is 70.5 Å². The first-order chi connectivity index (χ1) is 18.4. The predicted molar refractivity (Wildman–Crippen MR) is 159 cm³/mol. The number of carbonyl (C=O) groups excluding carboxylic acids is 2. The van der Waals surface area contributed by atoms with E-state index in [1.165, 1.54) is 21.6 Å². The monoisotopic (exact) mass is 568 g/mol. The van der Waals surface area contributed by atoms with Crippen LogP contribution in [0, 0.1) is 0 Å². The lowest BCUT2D eigenvalue weighted by Gasteiger charge is -2.13. The van der Waals surface area contributed by atoms with Gasteiger partial charge in [-0.05, 0) is 44.9 Å². The molecule has 0 aromatic rings. The smallest absolute Gasteiger partial charge is 0.335 e. The lowest BCUT2D eigenvalue weighted by Crippen LogP contribution is -2.46. The molecule has 0 aliphatic heterocycles. The summed E-state index contributed by atoms with van der Waals surface area (Å²) in [6.07, 6.45) is 24.5. The van der Waals surface area contributed by atoms with E-state index >= 15 is 0 Å². The van der Waals surface area contributed by atoms with Gasteiger partial charge in [-0.2, -0.15) is 0 Å². The maximum atomic E-state index is 11.9. The molecule has 5 N–H and O–H groups in total. The van der Waals surface area contributed by atoms with Gasteiger partial charge in [-0.1, -0.05) is 89.3 Å². The number of aliphatic hydroxyl groups is 2. The van der Waals surface area contributed by atoms with Crippen molar-refractivity contribution in [3.05, 3.63) is 60.8 Å². The zero-order valence-electron chi connectivity index (χ0n) is 22.3. The van der Waals surface area contributed by atoms with Crippen LogP contribution >= 0.6 is 21.6 Å². The van der Waals surface area contributed by atoms with Crippen molar-refractivity contribution in [1.29, 1.82) is 0 Å². The third-order valence-corrected chi connectivity index (χ3v) is 7.24. The Morgan fingerprint density at radius 2 is 1.18 bits per heavy atom. The van der Waals surface area contributed by atoms with Crippen LogP contribution in [0.2, 0.25) is 0 Å². The van der Waals surface area contributed by atoms with Crippen LogP contribution < -0.4 is 10.6 Å². The van der Waals surface area contributed by atoms with Gasteiger partial charge in [-0.25, -0.2) is 4.79 Å². The molecule has 0 aromatic carbocycles. The van der Waals surface area contributed by atoms with E-state index in [0.29, 0.717) is 24.5 Å². The van der Waals surface area contributed by atoms with E-state index in [-0.39, 0.29) is 12.5 Å². The summed E-state index contributed by atoms with van der Waals surface area (Å²) in [6, 6.07) is 0. The summed E-state index contributed by atoms with van der Waals surface area (Å²) in [5.41, 5.74) is 0. The number of allylic oxidation sites excluding steroid dienone is 10. The molecule has 0 rings (SSSR count). The standard InChI is InChI=1S/C28H44N2O6S2/c1-2-3-4-5-6-7-8-9-10-11-12-13-14-15-16-17-18-19-24(31)29-20-22-37-38-23-21-30-27(34)25(32)26(33)28(35)36/h3-4,6-7,9-10,12-13,15-16,25-26,32-33H,2,5,8,11,14,17-23H2,1H3,(H,29,31)(H,30,34)(H,35,36). The van der Waals surface area contributed by atoms with Crippen LogP contribution in [0.1, 0.15) is 58.3 Å². The minimum atomic E-state index is -2.15. The number of rotatable bonds is 23. The number of amides is 2. The van der Waals surface area contributed by atoms with Crippen molar-refractivity contribution in [3.8, 4) is 0 Å². The van der Waals surface area contributed by atoms with Crippen molar-refractivity contribution in [1.82, 2.24) is 10.6 Å². The number of aliphatic carboxylic acids is 1. The topological polar surface area (TPSA) is 136 Å². The Hall–Kier alpha value is -2.27. The highest BCUT2D eigenvalue weighted by molar-refractivity contribution is 8.76. The van der Waals surface area contributed by atoms with Crippen molar-refractivity contribution in [2.75, 3.05) is 24.6 Å². The molecule has 2 amide bonds. The molecule has 2 unspecified atom stereocenters. The number of hydrogen-bond donors (Lipinski definition) is 5. The maximum absolute atomic E-state index is 11.9. The number of carboxylic acid groups (broad SMARTS) is 1. The zero-order chi connectivity index (χ0) is 28.3. The highest BCUT2D eigenvalue weighted by Crippen LogP contribution is 2.19. The van der Waals surface area contributed by atoms with E-state index in [9.17, 15) is 19.5 Å². The molecule has 8 nitrogen and oxygen atoms in total. The molecule has 10 heteroatoms. The van der Waals surface area contributed by atoms with Gasteiger partial charge >= 0.3 is 5.97 Å². The van der Waals surface area contributed by atoms with Gasteiger partial charge in [0.1, 0.15) is 0 Å². The van der Waals surface area contributed by atoms with Gasteiger partial charge in [0.15, 0.2) is 12.2 Å². The summed E-state index contributed by atoms with van der Waals surface area (Å²) in [5, 5.41) is 32.3. The van der Waals surface area contributed by atoms with Gasteiger partial charge in [0.05, 0.1) is 0 Å². The van der Waals surface area contributed by atoms with Crippen molar-refractivity contribution >= 4 is 39.4 Å². The molecule has 0 saturated carbocycles. The van der Waals surface area contributed by atoms with Crippen molar-refractivity contribution in [3.63, 3.8) is 0 Å². The molecule has 214 valence electrons. The summed E-state index contributed by atoms with van der Waals surface area (Å²) >= 11 is 0. The number of carboxylic acids is 1. The third kappa shape index (κ3) is 22.9. The van der Waals surface area contributed by atoms with Crippen LogP contribution in [0.25, 0.3) is 0 Å². The third-order valence-electron chi connectivity index (χ3n) is 4.83. The average Bonchev–Trinajstić information content (AvgIpc) is 2.90. The fraction of sp³-hybridized carbons (Fsp3) is 0.536. The van der Waals surface area contributed by atoms with E-state index in [0.717, 1.165) is 44.9 Å². The second kappa shape index (κ2) is 26.3. The minimum absolute atomic E-state index is 0.0289. The quantitative estimate of drug-likeness (QED) is 0.0698. The average molecular weight is 569 g/mol. The normalized spacial score (nSPS) is 13.8. The molecular formula is C28H44N2O6S2. The first-order valence-corrected chi connectivity index (χ1v) is 15.5. The van der Waals surface area contributed by atoms with E-state index < -0.39 is 24.1 Å². The molecule has 0 radical (unpaired) electrons. The Bertz CT molecular complexity index is 796. The van der Waals surface area contributed by atoms with Crippen LogP contribution in [0.4, 0.5) is 0 Å². The SMILES string of the molecule is CCC=CCC=CCC=CCC=CCC=CCCCC(=O)NCCSSCCNC(=O)C(O)C(O)C(=O)O. The second-order valence-electron chi connectivity index (χ2n) is 8.11.